The Balaban J connectivity index is 1.08. The van der Waals surface area contributed by atoms with Gasteiger partial charge in [-0.3, -0.25) is 0 Å². The minimum absolute atomic E-state index is 0.590. The first-order chi connectivity index (χ1) is 31.1. The molecule has 0 radical (unpaired) electrons. The fourth-order valence-corrected chi connectivity index (χ4v) is 9.58. The molecule has 5 nitrogen and oxygen atoms in total. The Hall–Kier alpha value is -8.41. The predicted octanol–water partition coefficient (Wildman–Crippen LogP) is 15.0. The summed E-state index contributed by atoms with van der Waals surface area (Å²) in [5.41, 5.74) is 9.64. The van der Waals surface area contributed by atoms with Crippen LogP contribution in [0.3, 0.4) is 0 Å². The van der Waals surface area contributed by atoms with E-state index in [1.165, 1.54) is 43.4 Å². The van der Waals surface area contributed by atoms with Crippen LogP contribution in [0.25, 0.3) is 116 Å². The van der Waals surface area contributed by atoms with Crippen LogP contribution in [0, 0.1) is 0 Å². The molecule has 0 atom stereocenters. The zero-order valence-corrected chi connectivity index (χ0v) is 34.6. The molecule has 5 heteroatoms. The van der Waals surface area contributed by atoms with E-state index in [9.17, 15) is 0 Å². The van der Waals surface area contributed by atoms with Gasteiger partial charge in [-0.1, -0.05) is 158 Å². The van der Waals surface area contributed by atoms with Crippen LogP contribution in [-0.4, -0.2) is 24.1 Å². The van der Waals surface area contributed by atoms with E-state index in [1.807, 2.05) is 25.2 Å². The van der Waals surface area contributed by atoms with E-state index in [0.29, 0.717) is 17.5 Å². The van der Waals surface area contributed by atoms with Crippen molar-refractivity contribution < 1.29 is 0 Å². The van der Waals surface area contributed by atoms with Crippen molar-refractivity contribution in [3.05, 3.63) is 219 Å². The third kappa shape index (κ3) is 5.89. The predicted molar refractivity (Wildman–Crippen MR) is 265 cm³/mol. The highest BCUT2D eigenvalue weighted by molar-refractivity contribution is 6.21. The Morgan fingerprint density at radius 3 is 1.75 bits per heavy atom. The first kappa shape index (κ1) is 36.4. The van der Waals surface area contributed by atoms with Crippen LogP contribution in [0.4, 0.5) is 0 Å². The van der Waals surface area contributed by atoms with E-state index in [4.69, 9.17) is 15.0 Å². The van der Waals surface area contributed by atoms with Gasteiger partial charge in [-0.15, -0.1) is 0 Å². The minimum Gasteiger partial charge on any atom is -0.309 e. The summed E-state index contributed by atoms with van der Waals surface area (Å²) in [5, 5.41) is 11.7. The maximum Gasteiger partial charge on any atom is 0.164 e. The van der Waals surface area contributed by atoms with Crippen LogP contribution in [0.15, 0.2) is 213 Å². The lowest BCUT2D eigenvalue weighted by Crippen LogP contribution is -2.03. The molecule has 0 spiro atoms. The zero-order valence-electron chi connectivity index (χ0n) is 34.6. The summed E-state index contributed by atoms with van der Waals surface area (Å²) in [7, 11) is 0. The lowest BCUT2D eigenvalue weighted by molar-refractivity contribution is 1.04. The second-order valence-corrected chi connectivity index (χ2v) is 16.0. The monoisotopic (exact) mass is 805 g/mol. The van der Waals surface area contributed by atoms with Gasteiger partial charge in [-0.25, -0.2) is 15.0 Å². The molecule has 0 N–H and O–H groups in total. The summed E-state index contributed by atoms with van der Waals surface area (Å²) in [4.78, 5) is 15.5. The lowest BCUT2D eigenvalue weighted by Gasteiger charge is -2.13. The molecule has 0 saturated carbocycles. The number of hydrogen-bond acceptors (Lipinski definition) is 3. The van der Waals surface area contributed by atoms with E-state index < -0.39 is 0 Å². The van der Waals surface area contributed by atoms with Gasteiger partial charge in [0, 0.05) is 49.6 Å². The number of nitrogens with zero attached hydrogens (tertiary/aromatic N) is 5. The molecule has 3 aromatic heterocycles. The molecular weight excluding hydrogens is 767 g/mol. The quantitative estimate of drug-likeness (QED) is 0.151. The summed E-state index contributed by atoms with van der Waals surface area (Å²) in [5.74, 6) is 1.83. The van der Waals surface area contributed by atoms with Crippen molar-refractivity contribution in [2.24, 2.45) is 0 Å². The van der Waals surface area contributed by atoms with Gasteiger partial charge >= 0.3 is 0 Å². The molecule has 12 rings (SSSR count). The van der Waals surface area contributed by atoms with Crippen molar-refractivity contribution in [2.45, 2.75) is 6.92 Å². The Morgan fingerprint density at radius 1 is 0.429 bits per heavy atom. The Morgan fingerprint density at radius 2 is 1.00 bits per heavy atom. The van der Waals surface area contributed by atoms with Gasteiger partial charge in [0.05, 0.1) is 22.1 Å². The SMILES string of the molecule is C=C/C=C(\C=C/C)c1nc(-c2cccc3ccccc23)nc(-c2cccc3cc(-n4c5ccccc5c5cc6c7cc8ccccc8cc7n(-c7ccccc7)c6cc54)ccc23)n1. The maximum absolute atomic E-state index is 5.22. The standard InChI is InChI=1S/C58H39N5/c1-3-16-38(17-4-2)56-59-57(47-27-14-21-37-18-10-11-25-44(37)47)61-58(60-56)48-28-15-22-41-32-43(30-31-45(41)48)63-52-29-13-12-26-46(52)50-35-51-49-33-39-19-8-9-20-40(39)34-53(49)62(55(51)36-54(50)63)42-23-6-5-7-24-42/h3-36H,1H2,2H3/b17-4-,38-16+. The third-order valence-corrected chi connectivity index (χ3v) is 12.4. The molecule has 296 valence electrons. The number of fused-ring (bicyclic) bond motifs is 9. The van der Waals surface area contributed by atoms with E-state index in [1.54, 1.807) is 6.08 Å². The summed E-state index contributed by atoms with van der Waals surface area (Å²) < 4.78 is 4.84. The smallest absolute Gasteiger partial charge is 0.164 e. The normalized spacial score (nSPS) is 12.3. The molecule has 0 aliphatic carbocycles. The molecule has 9 aromatic carbocycles. The zero-order chi connectivity index (χ0) is 42.0. The lowest BCUT2D eigenvalue weighted by atomic mass is 10.0. The molecule has 0 unspecified atom stereocenters. The second-order valence-electron chi connectivity index (χ2n) is 16.0. The molecule has 0 fully saturated rings. The van der Waals surface area contributed by atoms with Crippen LogP contribution in [0.5, 0.6) is 0 Å². The molecule has 12 aromatic rings. The summed E-state index contributed by atoms with van der Waals surface area (Å²) >= 11 is 0. The second kappa shape index (κ2) is 14.6. The van der Waals surface area contributed by atoms with E-state index in [2.05, 4.69) is 198 Å². The van der Waals surface area contributed by atoms with Crippen molar-refractivity contribution in [1.82, 2.24) is 24.1 Å². The maximum atomic E-state index is 5.22. The van der Waals surface area contributed by atoms with Crippen LogP contribution in [0.1, 0.15) is 12.7 Å². The van der Waals surface area contributed by atoms with Gasteiger partial charge in [0.25, 0.3) is 0 Å². The number of allylic oxidation sites excluding steroid dienone is 5. The molecule has 0 bridgehead atoms. The first-order valence-corrected chi connectivity index (χ1v) is 21.3. The van der Waals surface area contributed by atoms with E-state index in [0.717, 1.165) is 60.7 Å². The largest absolute Gasteiger partial charge is 0.309 e. The molecular formula is C58H39N5. The number of rotatable bonds is 7. The van der Waals surface area contributed by atoms with Crippen molar-refractivity contribution >= 4 is 81.5 Å². The Bertz CT molecular complexity index is 3880. The van der Waals surface area contributed by atoms with Gasteiger partial charge in [0.15, 0.2) is 17.5 Å². The highest BCUT2D eigenvalue weighted by Gasteiger charge is 2.21. The van der Waals surface area contributed by atoms with Crippen LogP contribution < -0.4 is 0 Å². The summed E-state index contributed by atoms with van der Waals surface area (Å²) in [6, 6.07) is 65.4. The fraction of sp³-hybridized carbons (Fsp3) is 0.0172. The van der Waals surface area contributed by atoms with Gasteiger partial charge in [-0.2, -0.15) is 0 Å². The van der Waals surface area contributed by atoms with E-state index >= 15 is 0 Å². The topological polar surface area (TPSA) is 48.5 Å². The molecule has 0 amide bonds. The van der Waals surface area contributed by atoms with Gasteiger partial charge in [0.1, 0.15) is 0 Å². The summed E-state index contributed by atoms with van der Waals surface area (Å²) in [6.07, 6.45) is 7.74. The first-order valence-electron chi connectivity index (χ1n) is 21.3. The number of hydrogen-bond donors (Lipinski definition) is 0. The minimum atomic E-state index is 0.590. The molecule has 0 aliphatic rings. The van der Waals surface area contributed by atoms with Crippen molar-refractivity contribution in [3.8, 4) is 34.2 Å². The fourth-order valence-electron chi connectivity index (χ4n) is 9.58. The summed E-state index contributed by atoms with van der Waals surface area (Å²) in [6.45, 7) is 5.98. The molecule has 63 heavy (non-hydrogen) atoms. The molecule has 3 heterocycles. The third-order valence-electron chi connectivity index (χ3n) is 12.4. The highest BCUT2D eigenvalue weighted by atomic mass is 15.0. The van der Waals surface area contributed by atoms with E-state index in [-0.39, 0.29) is 0 Å². The van der Waals surface area contributed by atoms with Gasteiger partial charge < -0.3 is 9.13 Å². The van der Waals surface area contributed by atoms with Crippen LogP contribution in [-0.2, 0) is 0 Å². The Kier molecular flexibility index (Phi) is 8.47. The van der Waals surface area contributed by atoms with Gasteiger partial charge in [-0.05, 0) is 93.8 Å². The number of aromatic nitrogens is 5. The molecule has 0 saturated heterocycles. The van der Waals surface area contributed by atoms with Gasteiger partial charge in [0.2, 0.25) is 0 Å². The van der Waals surface area contributed by atoms with Crippen LogP contribution in [0.2, 0.25) is 0 Å². The van der Waals surface area contributed by atoms with Crippen LogP contribution >= 0.6 is 0 Å². The Labute approximate surface area is 363 Å². The van der Waals surface area contributed by atoms with Crippen molar-refractivity contribution in [1.29, 1.82) is 0 Å². The van der Waals surface area contributed by atoms with Crippen molar-refractivity contribution in [2.75, 3.05) is 0 Å². The molecule has 0 aliphatic heterocycles. The average molecular weight is 806 g/mol. The average Bonchev–Trinajstić information content (AvgIpc) is 3.83. The highest BCUT2D eigenvalue weighted by Crippen LogP contribution is 2.41. The van der Waals surface area contributed by atoms with Crippen molar-refractivity contribution in [3.63, 3.8) is 0 Å². The number of benzene rings is 9. The number of para-hydroxylation sites is 2.